The van der Waals surface area contributed by atoms with Crippen LogP contribution in [0, 0.1) is 6.92 Å². The van der Waals surface area contributed by atoms with Gasteiger partial charge < -0.3 is 15.0 Å². The number of anilines is 1. The zero-order valence-electron chi connectivity index (χ0n) is 18.0. The van der Waals surface area contributed by atoms with E-state index in [0.717, 1.165) is 18.5 Å². The van der Waals surface area contributed by atoms with E-state index in [1.165, 1.54) is 0 Å². The third-order valence-electron chi connectivity index (χ3n) is 6.00. The number of nitrogens with zero attached hydrogens (tertiary/aromatic N) is 4. The minimum atomic E-state index is -2.57. The molecule has 4 rings (SSSR count). The predicted octanol–water partition coefficient (Wildman–Crippen LogP) is 3.96. The van der Waals surface area contributed by atoms with Crippen LogP contribution in [-0.2, 0) is 4.79 Å². The molecule has 2 aromatic rings. The molecule has 0 bridgehead atoms. The summed E-state index contributed by atoms with van der Waals surface area (Å²) in [5.41, 5.74) is 0.869. The molecule has 1 saturated carbocycles. The SMILES string of the molecule is CC(=O)N1CCC(Oc2cc(NC3CCC(F)(F)CC3)nc(-n3ccc(C)n3)c2)CC1. The summed E-state index contributed by atoms with van der Waals surface area (Å²) in [5.74, 6) is -0.623. The van der Waals surface area contributed by atoms with Gasteiger partial charge in [-0.2, -0.15) is 5.10 Å². The number of hydrogen-bond donors (Lipinski definition) is 1. The number of likely N-dealkylation sites (tertiary alicyclic amines) is 1. The summed E-state index contributed by atoms with van der Waals surface area (Å²) in [6.07, 6.45) is 3.95. The lowest BCUT2D eigenvalue weighted by atomic mass is 9.92. The molecule has 0 atom stereocenters. The second-order valence-electron chi connectivity index (χ2n) is 8.55. The van der Waals surface area contributed by atoms with Crippen molar-refractivity contribution >= 4 is 11.7 Å². The van der Waals surface area contributed by atoms with Crippen LogP contribution in [0.1, 0.15) is 51.1 Å². The average molecular weight is 434 g/mol. The first-order valence-corrected chi connectivity index (χ1v) is 10.9. The molecule has 9 heteroatoms. The smallest absolute Gasteiger partial charge is 0.248 e. The monoisotopic (exact) mass is 433 g/mol. The molecule has 7 nitrogen and oxygen atoms in total. The van der Waals surface area contributed by atoms with Crippen LogP contribution in [0.15, 0.2) is 24.4 Å². The number of nitrogens with one attached hydrogen (secondary N) is 1. The molecule has 2 fully saturated rings. The third kappa shape index (κ3) is 5.51. The Kier molecular flexibility index (Phi) is 6.11. The highest BCUT2D eigenvalue weighted by molar-refractivity contribution is 5.73. The highest BCUT2D eigenvalue weighted by Gasteiger charge is 2.35. The van der Waals surface area contributed by atoms with Gasteiger partial charge in [0.05, 0.1) is 5.69 Å². The first-order chi connectivity index (χ1) is 14.8. The quantitative estimate of drug-likeness (QED) is 0.773. The molecule has 2 aliphatic rings. The van der Waals surface area contributed by atoms with E-state index in [4.69, 9.17) is 4.74 Å². The van der Waals surface area contributed by atoms with Gasteiger partial charge in [0.15, 0.2) is 5.82 Å². The second kappa shape index (κ2) is 8.80. The van der Waals surface area contributed by atoms with Crippen LogP contribution in [-0.4, -0.2) is 56.7 Å². The van der Waals surface area contributed by atoms with E-state index in [2.05, 4.69) is 15.4 Å². The van der Waals surface area contributed by atoms with Crippen LogP contribution in [0.5, 0.6) is 5.75 Å². The van der Waals surface area contributed by atoms with Crippen molar-refractivity contribution in [3.05, 3.63) is 30.1 Å². The van der Waals surface area contributed by atoms with Crippen LogP contribution >= 0.6 is 0 Å². The van der Waals surface area contributed by atoms with Gasteiger partial charge in [0.25, 0.3) is 0 Å². The number of hydrogen-bond acceptors (Lipinski definition) is 5. The molecule has 1 saturated heterocycles. The molecular weight excluding hydrogens is 404 g/mol. The summed E-state index contributed by atoms with van der Waals surface area (Å²) < 4.78 is 34.9. The number of halogens is 2. The number of rotatable bonds is 5. The molecule has 1 N–H and O–H groups in total. The number of ether oxygens (including phenoxy) is 1. The van der Waals surface area contributed by atoms with Crippen molar-refractivity contribution in [2.45, 2.75) is 70.4 Å². The number of alkyl halides is 2. The Hall–Kier alpha value is -2.71. The molecule has 0 aromatic carbocycles. The molecule has 3 heterocycles. The van der Waals surface area contributed by atoms with Crippen molar-refractivity contribution in [1.82, 2.24) is 19.7 Å². The van der Waals surface area contributed by atoms with Crippen molar-refractivity contribution < 1.29 is 18.3 Å². The molecule has 0 radical (unpaired) electrons. The van der Waals surface area contributed by atoms with Crippen LogP contribution in [0.2, 0.25) is 0 Å². The molecule has 31 heavy (non-hydrogen) atoms. The number of aromatic nitrogens is 3. The van der Waals surface area contributed by atoms with E-state index in [1.807, 2.05) is 36.2 Å². The van der Waals surface area contributed by atoms with E-state index in [9.17, 15) is 13.6 Å². The highest BCUT2D eigenvalue weighted by atomic mass is 19.3. The van der Waals surface area contributed by atoms with Crippen LogP contribution in [0.4, 0.5) is 14.6 Å². The molecule has 168 valence electrons. The standard InChI is InChI=1S/C22H29F2N5O2/c1-15-5-12-29(27-15)21-14-19(31-18-6-10-28(11-7-18)16(2)30)13-20(26-21)25-17-3-8-22(23,24)9-4-17/h5,12-14,17-18H,3-4,6-11H2,1-2H3,(H,25,26). The van der Waals surface area contributed by atoms with Crippen LogP contribution < -0.4 is 10.1 Å². The summed E-state index contributed by atoms with van der Waals surface area (Å²) in [4.78, 5) is 18.0. The second-order valence-corrected chi connectivity index (χ2v) is 8.55. The van der Waals surface area contributed by atoms with E-state index in [-0.39, 0.29) is 30.9 Å². The summed E-state index contributed by atoms with van der Waals surface area (Å²) in [7, 11) is 0. The number of carbonyl (C=O) groups excluding carboxylic acids is 1. The normalized spacial score (nSPS) is 19.9. The number of piperidine rings is 1. The fourth-order valence-corrected chi connectivity index (χ4v) is 4.17. The molecule has 0 unspecified atom stereocenters. The maximum Gasteiger partial charge on any atom is 0.248 e. The summed E-state index contributed by atoms with van der Waals surface area (Å²) in [5, 5.41) is 7.75. The van der Waals surface area contributed by atoms with E-state index >= 15 is 0 Å². The number of pyridine rings is 1. The first kappa shape index (κ1) is 21.5. The van der Waals surface area contributed by atoms with Crippen LogP contribution in [0.3, 0.4) is 0 Å². The lowest BCUT2D eigenvalue weighted by Crippen LogP contribution is -2.40. The first-order valence-electron chi connectivity index (χ1n) is 10.9. The molecule has 1 aliphatic heterocycles. The molecule has 1 amide bonds. The number of aryl methyl sites for hydroxylation is 1. The van der Waals surface area contributed by atoms with E-state index in [1.54, 1.807) is 11.6 Å². The Labute approximate surface area is 180 Å². The summed E-state index contributed by atoms with van der Waals surface area (Å²) >= 11 is 0. The van der Waals surface area contributed by atoms with Crippen LogP contribution in [0.25, 0.3) is 5.82 Å². The van der Waals surface area contributed by atoms with Gasteiger partial charge >= 0.3 is 0 Å². The van der Waals surface area contributed by atoms with Gasteiger partial charge in [0.1, 0.15) is 17.7 Å². The van der Waals surface area contributed by atoms with Crippen molar-refractivity contribution in [1.29, 1.82) is 0 Å². The fraction of sp³-hybridized carbons (Fsp3) is 0.591. The van der Waals surface area contributed by atoms with Gasteiger partial charge in [-0.15, -0.1) is 0 Å². The molecule has 1 aliphatic carbocycles. The van der Waals surface area contributed by atoms with Gasteiger partial charge in [0, 0.05) is 70.1 Å². The van der Waals surface area contributed by atoms with Gasteiger partial charge in [0.2, 0.25) is 11.8 Å². The van der Waals surface area contributed by atoms with Gasteiger partial charge in [-0.25, -0.2) is 18.4 Å². The lowest BCUT2D eigenvalue weighted by molar-refractivity contribution is -0.130. The largest absolute Gasteiger partial charge is 0.490 e. The van der Waals surface area contributed by atoms with Crippen molar-refractivity contribution in [3.63, 3.8) is 0 Å². The zero-order chi connectivity index (χ0) is 22.0. The maximum absolute atomic E-state index is 13.5. The Morgan fingerprint density at radius 3 is 2.52 bits per heavy atom. The number of carbonyl (C=O) groups is 1. The number of amides is 1. The van der Waals surface area contributed by atoms with E-state index < -0.39 is 5.92 Å². The molecule has 0 spiro atoms. The third-order valence-corrected chi connectivity index (χ3v) is 6.00. The minimum absolute atomic E-state index is 0.00595. The van der Waals surface area contributed by atoms with E-state index in [0.29, 0.717) is 43.3 Å². The van der Waals surface area contributed by atoms with Crippen molar-refractivity contribution in [2.24, 2.45) is 0 Å². The lowest BCUT2D eigenvalue weighted by Gasteiger charge is -2.32. The van der Waals surface area contributed by atoms with Gasteiger partial charge in [-0.1, -0.05) is 0 Å². The van der Waals surface area contributed by atoms with Gasteiger partial charge in [-0.3, -0.25) is 4.79 Å². The molecule has 2 aromatic heterocycles. The summed E-state index contributed by atoms with van der Waals surface area (Å²) in [6.45, 7) is 4.85. The summed E-state index contributed by atoms with van der Waals surface area (Å²) in [6, 6.07) is 5.50. The fourth-order valence-electron chi connectivity index (χ4n) is 4.17. The molecular formula is C22H29F2N5O2. The highest BCUT2D eigenvalue weighted by Crippen LogP contribution is 2.34. The Morgan fingerprint density at radius 1 is 1.19 bits per heavy atom. The average Bonchev–Trinajstić information content (AvgIpc) is 3.16. The van der Waals surface area contributed by atoms with Crippen molar-refractivity contribution in [3.8, 4) is 11.6 Å². The topological polar surface area (TPSA) is 72.3 Å². The zero-order valence-corrected chi connectivity index (χ0v) is 18.0. The Morgan fingerprint density at radius 2 is 1.90 bits per heavy atom. The maximum atomic E-state index is 13.5. The van der Waals surface area contributed by atoms with Crippen molar-refractivity contribution in [2.75, 3.05) is 18.4 Å². The van der Waals surface area contributed by atoms with Gasteiger partial charge in [-0.05, 0) is 25.8 Å². The Bertz CT molecular complexity index is 914. The Balaban J connectivity index is 1.50. The minimum Gasteiger partial charge on any atom is -0.490 e. The predicted molar refractivity (Wildman–Crippen MR) is 113 cm³/mol.